The second-order valence-corrected chi connectivity index (χ2v) is 7.29. The number of hydrogen-bond donors (Lipinski definition) is 0. The van der Waals surface area contributed by atoms with Gasteiger partial charge in [0.2, 0.25) is 0 Å². The molecule has 1 aromatic heterocycles. The number of halogens is 2. The smallest absolute Gasteiger partial charge is 0.0799 e. The van der Waals surface area contributed by atoms with E-state index in [2.05, 4.69) is 55.8 Å². The van der Waals surface area contributed by atoms with E-state index in [9.17, 15) is 0 Å². The summed E-state index contributed by atoms with van der Waals surface area (Å²) in [6.07, 6.45) is 0.333. The third-order valence-electron chi connectivity index (χ3n) is 2.79. The summed E-state index contributed by atoms with van der Waals surface area (Å²) < 4.78 is 6.93. The van der Waals surface area contributed by atoms with Gasteiger partial charge in [0.25, 0.3) is 0 Å². The molecule has 2 atom stereocenters. The fraction of sp³-hybridized carbons (Fsp3) is 0.636. The van der Waals surface area contributed by atoms with Gasteiger partial charge < -0.3 is 4.74 Å². The van der Waals surface area contributed by atoms with E-state index in [1.165, 1.54) is 8.66 Å². The molecule has 0 aliphatic carbocycles. The van der Waals surface area contributed by atoms with E-state index in [4.69, 9.17) is 4.74 Å². The summed E-state index contributed by atoms with van der Waals surface area (Å²) in [5.74, 6) is 0. The minimum atomic E-state index is 0.333. The molecule has 1 aliphatic heterocycles. The Morgan fingerprint density at radius 2 is 2.38 bits per heavy atom. The van der Waals surface area contributed by atoms with Gasteiger partial charge in [-0.15, -0.1) is 11.3 Å². The third kappa shape index (κ3) is 3.29. The van der Waals surface area contributed by atoms with Crippen LogP contribution >= 0.6 is 43.2 Å². The molecule has 16 heavy (non-hydrogen) atoms. The molecule has 1 aliphatic rings. The number of alkyl halides is 1. The largest absolute Gasteiger partial charge is 0.374 e. The van der Waals surface area contributed by atoms with Crippen LogP contribution in [-0.2, 0) is 11.3 Å². The molecule has 2 nitrogen and oxygen atoms in total. The van der Waals surface area contributed by atoms with Crippen molar-refractivity contribution in [1.82, 2.24) is 4.90 Å². The third-order valence-corrected chi connectivity index (χ3v) is 5.13. The minimum Gasteiger partial charge on any atom is -0.374 e. The lowest BCUT2D eigenvalue weighted by Gasteiger charge is -2.37. The summed E-state index contributed by atoms with van der Waals surface area (Å²) >= 11 is 8.81. The SMILES string of the molecule is CC1COC(CBr)CN1Cc1ccc(Br)s1. The number of thiophene rings is 1. The average molecular weight is 369 g/mol. The molecule has 1 saturated heterocycles. The highest BCUT2D eigenvalue weighted by atomic mass is 79.9. The maximum absolute atomic E-state index is 5.72. The van der Waals surface area contributed by atoms with Gasteiger partial charge in [0, 0.05) is 29.3 Å². The van der Waals surface area contributed by atoms with Crippen molar-refractivity contribution in [3.8, 4) is 0 Å². The first-order chi connectivity index (χ1) is 7.69. The molecule has 90 valence electrons. The van der Waals surface area contributed by atoms with Crippen molar-refractivity contribution in [2.24, 2.45) is 0 Å². The number of rotatable bonds is 3. The van der Waals surface area contributed by atoms with Crippen molar-refractivity contribution in [2.75, 3.05) is 18.5 Å². The van der Waals surface area contributed by atoms with E-state index in [0.29, 0.717) is 12.1 Å². The molecule has 0 amide bonds. The van der Waals surface area contributed by atoms with Gasteiger partial charge in [-0.2, -0.15) is 0 Å². The molecule has 0 saturated carbocycles. The van der Waals surface area contributed by atoms with E-state index >= 15 is 0 Å². The lowest BCUT2D eigenvalue weighted by atomic mass is 10.2. The number of hydrogen-bond acceptors (Lipinski definition) is 3. The van der Waals surface area contributed by atoms with Gasteiger partial charge in [-0.1, -0.05) is 15.9 Å². The molecule has 5 heteroatoms. The number of morpholine rings is 1. The standard InChI is InChI=1S/C11H15Br2NOS/c1-8-7-15-9(4-12)5-14(8)6-10-2-3-11(13)16-10/h2-3,8-9H,4-7H2,1H3. The second kappa shape index (κ2) is 5.96. The van der Waals surface area contributed by atoms with E-state index in [-0.39, 0.29) is 0 Å². The number of ether oxygens (including phenoxy) is 1. The molecule has 0 N–H and O–H groups in total. The second-order valence-electron chi connectivity index (χ2n) is 4.09. The summed E-state index contributed by atoms with van der Waals surface area (Å²) in [7, 11) is 0. The molecular weight excluding hydrogens is 354 g/mol. The molecule has 0 aromatic carbocycles. The Morgan fingerprint density at radius 3 is 3.00 bits per heavy atom. The van der Waals surface area contributed by atoms with Gasteiger partial charge in [-0.25, -0.2) is 0 Å². The monoisotopic (exact) mass is 367 g/mol. The fourth-order valence-electron chi connectivity index (χ4n) is 1.83. The minimum absolute atomic E-state index is 0.333. The molecule has 0 radical (unpaired) electrons. The van der Waals surface area contributed by atoms with Gasteiger partial charge in [0.1, 0.15) is 0 Å². The van der Waals surface area contributed by atoms with Gasteiger partial charge in [0.15, 0.2) is 0 Å². The lowest BCUT2D eigenvalue weighted by Crippen LogP contribution is -2.48. The molecule has 1 aromatic rings. The van der Waals surface area contributed by atoms with Crippen molar-refractivity contribution in [2.45, 2.75) is 25.6 Å². The summed E-state index contributed by atoms with van der Waals surface area (Å²) in [6.45, 7) is 5.11. The van der Waals surface area contributed by atoms with E-state index < -0.39 is 0 Å². The summed E-state index contributed by atoms with van der Waals surface area (Å²) in [6, 6.07) is 4.82. The average Bonchev–Trinajstić information content (AvgIpc) is 2.67. The van der Waals surface area contributed by atoms with Gasteiger partial charge in [-0.05, 0) is 35.0 Å². The highest BCUT2D eigenvalue weighted by molar-refractivity contribution is 9.11. The van der Waals surface area contributed by atoms with Crippen LogP contribution in [0.1, 0.15) is 11.8 Å². The fourth-order valence-corrected chi connectivity index (χ4v) is 3.73. The first-order valence-corrected chi connectivity index (χ1v) is 8.08. The molecule has 2 rings (SSSR count). The van der Waals surface area contributed by atoms with E-state index in [1.807, 2.05) is 11.3 Å². The quantitative estimate of drug-likeness (QED) is 0.757. The zero-order valence-corrected chi connectivity index (χ0v) is 13.1. The van der Waals surface area contributed by atoms with Crippen molar-refractivity contribution in [3.05, 3.63) is 20.8 Å². The van der Waals surface area contributed by atoms with Crippen LogP contribution < -0.4 is 0 Å². The number of nitrogens with zero attached hydrogens (tertiary/aromatic N) is 1. The van der Waals surface area contributed by atoms with Gasteiger partial charge in [0.05, 0.1) is 16.5 Å². The molecule has 0 bridgehead atoms. The van der Waals surface area contributed by atoms with E-state index in [1.54, 1.807) is 0 Å². The summed E-state index contributed by atoms with van der Waals surface area (Å²) in [5.41, 5.74) is 0. The van der Waals surface area contributed by atoms with Crippen LogP contribution in [0.2, 0.25) is 0 Å². The van der Waals surface area contributed by atoms with Crippen molar-refractivity contribution in [3.63, 3.8) is 0 Å². The van der Waals surface area contributed by atoms with Crippen LogP contribution in [0, 0.1) is 0 Å². The zero-order chi connectivity index (χ0) is 11.5. The predicted octanol–water partition coefficient (Wildman–Crippen LogP) is 3.49. The van der Waals surface area contributed by atoms with Crippen LogP contribution in [0.15, 0.2) is 15.9 Å². The normalized spacial score (nSPS) is 27.2. The molecule has 1 fully saturated rings. The molecule has 2 unspecified atom stereocenters. The Labute approximate surface area is 117 Å². The van der Waals surface area contributed by atoms with Crippen LogP contribution in [0.3, 0.4) is 0 Å². The highest BCUT2D eigenvalue weighted by Crippen LogP contribution is 2.25. The Hall–Kier alpha value is 0.580. The first kappa shape index (κ1) is 13.0. The Kier molecular flexibility index (Phi) is 4.85. The highest BCUT2D eigenvalue weighted by Gasteiger charge is 2.25. The maximum atomic E-state index is 5.72. The zero-order valence-electron chi connectivity index (χ0n) is 9.16. The van der Waals surface area contributed by atoms with E-state index in [0.717, 1.165) is 25.0 Å². The maximum Gasteiger partial charge on any atom is 0.0799 e. The van der Waals surface area contributed by atoms with Crippen molar-refractivity contribution in [1.29, 1.82) is 0 Å². The Morgan fingerprint density at radius 1 is 1.56 bits per heavy atom. The van der Waals surface area contributed by atoms with Crippen molar-refractivity contribution < 1.29 is 4.74 Å². The summed E-state index contributed by atoms with van der Waals surface area (Å²) in [4.78, 5) is 3.90. The molecule has 2 heterocycles. The van der Waals surface area contributed by atoms with Crippen LogP contribution in [0.4, 0.5) is 0 Å². The van der Waals surface area contributed by atoms with Gasteiger partial charge >= 0.3 is 0 Å². The van der Waals surface area contributed by atoms with Crippen molar-refractivity contribution >= 4 is 43.2 Å². The predicted molar refractivity (Wildman–Crippen MR) is 75.4 cm³/mol. The van der Waals surface area contributed by atoms with Crippen LogP contribution in [-0.4, -0.2) is 35.5 Å². The van der Waals surface area contributed by atoms with Gasteiger partial charge in [-0.3, -0.25) is 4.90 Å². The Bertz CT molecular complexity index is 344. The topological polar surface area (TPSA) is 12.5 Å². The Balaban J connectivity index is 1.96. The molecule has 0 spiro atoms. The first-order valence-electron chi connectivity index (χ1n) is 5.35. The van der Waals surface area contributed by atoms with Crippen LogP contribution in [0.5, 0.6) is 0 Å². The lowest BCUT2D eigenvalue weighted by molar-refractivity contribution is -0.0496. The van der Waals surface area contributed by atoms with Crippen LogP contribution in [0.25, 0.3) is 0 Å². The molecular formula is C11H15Br2NOS. The summed E-state index contributed by atoms with van der Waals surface area (Å²) in [5, 5.41) is 0.921.